The minimum Gasteiger partial charge on any atom is -0.493 e. The Morgan fingerprint density at radius 1 is 0.519 bits per heavy atom. The van der Waals surface area contributed by atoms with Crippen molar-refractivity contribution in [2.24, 2.45) is 0 Å². The van der Waals surface area contributed by atoms with Crippen LogP contribution in [0.2, 0.25) is 0 Å². The minimum atomic E-state index is 0.547. The second-order valence-corrected chi connectivity index (χ2v) is 5.37. The second kappa shape index (κ2) is 9.46. The van der Waals surface area contributed by atoms with Crippen LogP contribution < -0.4 is 28.4 Å². The van der Waals surface area contributed by atoms with E-state index in [1.54, 1.807) is 42.7 Å². The molecule has 0 bridgehead atoms. The summed E-state index contributed by atoms with van der Waals surface area (Å²) in [6.07, 6.45) is 3.63. The summed E-state index contributed by atoms with van der Waals surface area (Å²) in [4.78, 5) is 0. The Labute approximate surface area is 159 Å². The van der Waals surface area contributed by atoms with Crippen LogP contribution in [-0.2, 0) is 0 Å². The summed E-state index contributed by atoms with van der Waals surface area (Å²) in [5.74, 6) is 3.42. The van der Waals surface area contributed by atoms with Crippen LogP contribution >= 0.6 is 0 Å². The molecule has 0 aliphatic carbocycles. The van der Waals surface area contributed by atoms with Gasteiger partial charge in [0.2, 0.25) is 11.5 Å². The Hall–Kier alpha value is -3.24. The topological polar surface area (TPSA) is 55.4 Å². The van der Waals surface area contributed by atoms with Gasteiger partial charge in [0.15, 0.2) is 23.0 Å². The fourth-order valence-electron chi connectivity index (χ4n) is 2.60. The fraction of sp³-hybridized carbons (Fsp3) is 0.286. The van der Waals surface area contributed by atoms with Crippen LogP contribution in [-0.4, -0.2) is 42.7 Å². The van der Waals surface area contributed by atoms with E-state index in [2.05, 4.69) is 5.73 Å². The molecule has 2 aromatic rings. The van der Waals surface area contributed by atoms with Gasteiger partial charge in [0, 0.05) is 0 Å². The van der Waals surface area contributed by atoms with E-state index in [4.69, 9.17) is 28.4 Å². The van der Waals surface area contributed by atoms with Crippen molar-refractivity contribution in [3.63, 3.8) is 0 Å². The van der Waals surface area contributed by atoms with Crippen molar-refractivity contribution in [1.82, 2.24) is 0 Å². The zero-order valence-corrected chi connectivity index (χ0v) is 16.4. The van der Waals surface area contributed by atoms with E-state index in [1.165, 1.54) is 0 Å². The van der Waals surface area contributed by atoms with Crippen molar-refractivity contribution in [1.29, 1.82) is 0 Å². The van der Waals surface area contributed by atoms with Gasteiger partial charge in [-0.05, 0) is 47.5 Å². The molecule has 0 N–H and O–H groups in total. The number of hydrogen-bond donors (Lipinski definition) is 0. The van der Waals surface area contributed by atoms with Crippen molar-refractivity contribution in [2.75, 3.05) is 42.7 Å². The van der Waals surface area contributed by atoms with E-state index in [0.29, 0.717) is 34.5 Å². The van der Waals surface area contributed by atoms with E-state index in [1.807, 2.05) is 36.4 Å². The van der Waals surface area contributed by atoms with Crippen LogP contribution in [0.1, 0.15) is 11.1 Å². The first-order valence-electron chi connectivity index (χ1n) is 8.14. The van der Waals surface area contributed by atoms with E-state index in [0.717, 1.165) is 11.1 Å². The van der Waals surface area contributed by atoms with Gasteiger partial charge in [-0.1, -0.05) is 0 Å². The van der Waals surface area contributed by atoms with Crippen LogP contribution in [0.25, 0.3) is 12.2 Å². The van der Waals surface area contributed by atoms with Gasteiger partial charge in [0.05, 0.1) is 42.7 Å². The number of methoxy groups -OCH3 is 6. The highest BCUT2D eigenvalue weighted by Gasteiger charge is 2.13. The average molecular weight is 372 g/mol. The highest BCUT2D eigenvalue weighted by molar-refractivity contribution is 5.66. The van der Waals surface area contributed by atoms with E-state index in [9.17, 15) is 0 Å². The molecule has 0 aromatic heterocycles. The standard InChI is InChI=1S/C21H24O6/c1-22-16-10-14(11-17(23-2)20(16)26-5)8-7-9-15-12-18(24-3)21(27-6)19(13-15)25-4/h8-13H,1-6H3. The first kappa shape index (κ1) is 20.1. The number of ether oxygens (including phenoxy) is 6. The predicted octanol–water partition coefficient (Wildman–Crippen LogP) is 4.06. The second-order valence-electron chi connectivity index (χ2n) is 5.37. The molecule has 6 nitrogen and oxygen atoms in total. The van der Waals surface area contributed by atoms with Gasteiger partial charge in [0.1, 0.15) is 0 Å². The van der Waals surface area contributed by atoms with Crippen LogP contribution in [0.5, 0.6) is 34.5 Å². The number of rotatable bonds is 8. The summed E-state index contributed by atoms with van der Waals surface area (Å²) in [6.45, 7) is 0. The number of benzene rings is 2. The van der Waals surface area contributed by atoms with Gasteiger partial charge in [-0.2, -0.15) is 0 Å². The molecule has 0 atom stereocenters. The third-order valence-corrected chi connectivity index (χ3v) is 3.87. The third-order valence-electron chi connectivity index (χ3n) is 3.87. The van der Waals surface area contributed by atoms with Crippen molar-refractivity contribution in [3.8, 4) is 34.5 Å². The van der Waals surface area contributed by atoms with E-state index < -0.39 is 0 Å². The van der Waals surface area contributed by atoms with Crippen molar-refractivity contribution in [3.05, 3.63) is 41.1 Å². The molecule has 0 spiro atoms. The van der Waals surface area contributed by atoms with Gasteiger partial charge in [-0.25, -0.2) is 0 Å². The molecule has 6 heteroatoms. The smallest absolute Gasteiger partial charge is 0.203 e. The summed E-state index contributed by atoms with van der Waals surface area (Å²) in [7, 11) is 9.46. The van der Waals surface area contributed by atoms with E-state index >= 15 is 0 Å². The van der Waals surface area contributed by atoms with Gasteiger partial charge in [0.25, 0.3) is 0 Å². The molecule has 0 aliphatic rings. The lowest BCUT2D eigenvalue weighted by Gasteiger charge is -2.12. The molecular weight excluding hydrogens is 348 g/mol. The Morgan fingerprint density at radius 3 is 1.04 bits per heavy atom. The molecule has 27 heavy (non-hydrogen) atoms. The van der Waals surface area contributed by atoms with Crippen molar-refractivity contribution < 1.29 is 28.4 Å². The molecule has 2 rings (SSSR count). The summed E-state index contributed by atoms with van der Waals surface area (Å²) < 4.78 is 32.1. The molecule has 2 aromatic carbocycles. The minimum absolute atomic E-state index is 0.547. The maximum absolute atomic E-state index is 5.36. The van der Waals surface area contributed by atoms with Crippen LogP contribution in [0.4, 0.5) is 0 Å². The highest BCUT2D eigenvalue weighted by atomic mass is 16.5. The van der Waals surface area contributed by atoms with E-state index in [-0.39, 0.29) is 0 Å². The summed E-state index contributed by atoms with van der Waals surface area (Å²) in [5.41, 5.74) is 4.85. The lowest BCUT2D eigenvalue weighted by molar-refractivity contribution is 0.324. The van der Waals surface area contributed by atoms with Crippen molar-refractivity contribution in [2.45, 2.75) is 0 Å². The monoisotopic (exact) mass is 372 g/mol. The Bertz CT molecular complexity index is 732. The SMILES string of the molecule is COc1cc(C=C=Cc2cc(OC)c(OC)c(OC)c2)cc(OC)c1OC. The molecule has 0 saturated heterocycles. The average Bonchev–Trinajstić information content (AvgIpc) is 2.71. The van der Waals surface area contributed by atoms with Gasteiger partial charge >= 0.3 is 0 Å². The molecule has 144 valence electrons. The van der Waals surface area contributed by atoms with Gasteiger partial charge in [-0.15, -0.1) is 5.73 Å². The highest BCUT2D eigenvalue weighted by Crippen LogP contribution is 2.39. The molecule has 0 aliphatic heterocycles. The van der Waals surface area contributed by atoms with Crippen LogP contribution in [0.3, 0.4) is 0 Å². The quantitative estimate of drug-likeness (QED) is 0.651. The molecule has 0 fully saturated rings. The number of hydrogen-bond acceptors (Lipinski definition) is 6. The fourth-order valence-corrected chi connectivity index (χ4v) is 2.60. The van der Waals surface area contributed by atoms with Gasteiger partial charge < -0.3 is 28.4 Å². The largest absolute Gasteiger partial charge is 0.493 e. The Kier molecular flexibility index (Phi) is 7.03. The first-order valence-corrected chi connectivity index (χ1v) is 8.14. The summed E-state index contributed by atoms with van der Waals surface area (Å²) in [6, 6.07) is 7.38. The maximum atomic E-state index is 5.36. The van der Waals surface area contributed by atoms with Gasteiger partial charge in [-0.3, -0.25) is 0 Å². The summed E-state index contributed by atoms with van der Waals surface area (Å²) >= 11 is 0. The first-order chi connectivity index (χ1) is 13.1. The van der Waals surface area contributed by atoms with Crippen LogP contribution in [0, 0.1) is 0 Å². The molecule has 0 radical (unpaired) electrons. The lowest BCUT2D eigenvalue weighted by Crippen LogP contribution is -1.95. The zero-order valence-electron chi connectivity index (χ0n) is 16.4. The Balaban J connectivity index is 2.42. The van der Waals surface area contributed by atoms with Crippen LogP contribution in [0.15, 0.2) is 30.0 Å². The molecule has 0 unspecified atom stereocenters. The lowest BCUT2D eigenvalue weighted by atomic mass is 10.1. The normalized spacial score (nSPS) is 9.70. The third kappa shape index (κ3) is 4.49. The Morgan fingerprint density at radius 2 is 0.815 bits per heavy atom. The van der Waals surface area contributed by atoms with Crippen molar-refractivity contribution >= 4 is 12.2 Å². The molecular formula is C21H24O6. The molecule has 0 amide bonds. The predicted molar refractivity (Wildman–Crippen MR) is 105 cm³/mol. The summed E-state index contributed by atoms with van der Waals surface area (Å²) in [5, 5.41) is 0. The molecule has 0 heterocycles. The molecule has 0 saturated carbocycles. The zero-order chi connectivity index (χ0) is 19.8. The maximum Gasteiger partial charge on any atom is 0.203 e.